The number of hydrogen-bond donors (Lipinski definition) is 0. The maximum atomic E-state index is 13.0. The van der Waals surface area contributed by atoms with Crippen LogP contribution in [0.4, 0.5) is 11.4 Å². The molecular formula is C61H68N2O19. The molecule has 0 aliphatic heterocycles. The molecule has 0 spiro atoms. The second-order valence-electron chi connectivity index (χ2n) is 17.7. The molecule has 6 rings (SSSR count). The van der Waals surface area contributed by atoms with E-state index in [2.05, 4.69) is 6.58 Å². The molecule has 0 N–H and O–H groups in total. The fraction of sp³-hybridized carbons (Fsp3) is 0.295. The average Bonchev–Trinajstić information content (AvgIpc) is 3.60. The van der Waals surface area contributed by atoms with Crippen molar-refractivity contribution >= 4 is 40.7 Å². The molecule has 21 heteroatoms. The highest BCUT2D eigenvalue weighted by molar-refractivity contribution is 6.03. The number of methoxy groups -OCH3 is 8. The molecule has 21 nitrogen and oxygen atoms in total. The molecule has 0 amide bonds. The third-order valence-electron chi connectivity index (χ3n) is 11.8. The molecule has 0 heterocycles. The first-order valence-electron chi connectivity index (χ1n) is 24.9. The van der Waals surface area contributed by atoms with Crippen LogP contribution in [-0.4, -0.2) is 96.0 Å². The summed E-state index contributed by atoms with van der Waals surface area (Å²) in [5, 5.41) is 21.8. The lowest BCUT2D eigenvalue weighted by Crippen LogP contribution is -2.16. The molecule has 0 bridgehead atoms. The summed E-state index contributed by atoms with van der Waals surface area (Å²) < 4.78 is 50.7. The SMILES string of the molecule is C=C(C)CC(C(=O)c1ccccc1)c1cc(OC)cc(OC)c1.COc1cc(COC(C)=O)c([N+](=O)[O-])cc1OC.COc1cc(COC(C)=O)c([N+](=O)[O-])cc1OC.COc1cc(OC)cc(C(CC(C)=O)C(=O)c2ccccc2)c1. The zero-order chi connectivity index (χ0) is 61.1. The molecule has 0 saturated carbocycles. The van der Waals surface area contributed by atoms with Gasteiger partial charge in [-0.25, -0.2) is 0 Å². The van der Waals surface area contributed by atoms with Gasteiger partial charge in [-0.15, -0.1) is 6.58 Å². The average molecular weight is 1130 g/mol. The van der Waals surface area contributed by atoms with Crippen LogP contribution in [0.5, 0.6) is 46.0 Å². The van der Waals surface area contributed by atoms with Crippen molar-refractivity contribution in [2.75, 3.05) is 56.9 Å². The number of esters is 2. The molecule has 0 aliphatic carbocycles. The molecular weight excluding hydrogens is 1060 g/mol. The summed E-state index contributed by atoms with van der Waals surface area (Å²) in [7, 11) is 11.9. The minimum absolute atomic E-state index is 0.0407. The Hall–Kier alpha value is -9.79. The van der Waals surface area contributed by atoms with Crippen LogP contribution in [0.2, 0.25) is 0 Å². The van der Waals surface area contributed by atoms with Crippen LogP contribution in [0.1, 0.15) is 95.3 Å². The molecule has 0 aliphatic rings. The predicted octanol–water partition coefficient (Wildman–Crippen LogP) is 11.6. The summed E-state index contributed by atoms with van der Waals surface area (Å²) in [6.07, 6.45) is 0.730. The Morgan fingerprint density at radius 1 is 0.439 bits per heavy atom. The van der Waals surface area contributed by atoms with Crippen LogP contribution in [0.15, 0.2) is 133 Å². The van der Waals surface area contributed by atoms with Crippen LogP contribution in [0.3, 0.4) is 0 Å². The fourth-order valence-electron chi connectivity index (χ4n) is 7.78. The number of carbonyl (C=O) groups is 5. The lowest BCUT2D eigenvalue weighted by Gasteiger charge is -2.18. The number of nitro benzene ring substituents is 2. The maximum Gasteiger partial charge on any atom is 0.302 e. The normalized spacial score (nSPS) is 10.8. The van der Waals surface area contributed by atoms with E-state index in [9.17, 15) is 44.2 Å². The van der Waals surface area contributed by atoms with Crippen molar-refractivity contribution in [1.82, 2.24) is 0 Å². The summed E-state index contributed by atoms with van der Waals surface area (Å²) in [6.45, 7) is 9.47. The van der Waals surface area contributed by atoms with Gasteiger partial charge < -0.3 is 47.4 Å². The van der Waals surface area contributed by atoms with Gasteiger partial charge in [0.15, 0.2) is 34.6 Å². The molecule has 0 aromatic heterocycles. The Morgan fingerprint density at radius 2 is 0.744 bits per heavy atom. The van der Waals surface area contributed by atoms with Gasteiger partial charge in [-0.05, 0) is 67.8 Å². The number of allylic oxidation sites excluding steroid dienone is 1. The standard InChI is InChI=1S/C20H22O3.C19H20O4.2C11H13NO6/c1-14(2)10-19(20(21)15-8-6-5-7-9-15)16-11-17(22-3)13-18(12-16)23-4;1-13(20)9-18(19(21)14-7-5-4-6-8-14)15-10-16(22-2)12-17(11-15)23-3;2*1-7(13)18-6-8-4-10(16-2)11(17-3)5-9(8)12(14)15/h5-9,11-13,19H,1,10H2,2-4H3;4-8,10-12,18H,9H2,1-3H3;2*4-5H,6H2,1-3H3. The van der Waals surface area contributed by atoms with E-state index in [1.165, 1.54) is 73.5 Å². The van der Waals surface area contributed by atoms with E-state index in [1.54, 1.807) is 64.8 Å². The van der Waals surface area contributed by atoms with Crippen LogP contribution >= 0.6 is 0 Å². The van der Waals surface area contributed by atoms with Gasteiger partial charge in [0.1, 0.15) is 42.0 Å². The van der Waals surface area contributed by atoms with Gasteiger partial charge in [0, 0.05) is 43.5 Å². The highest BCUT2D eigenvalue weighted by Gasteiger charge is 2.27. The van der Waals surface area contributed by atoms with E-state index >= 15 is 0 Å². The number of nitro groups is 2. The van der Waals surface area contributed by atoms with Gasteiger partial charge in [0.05, 0.1) is 102 Å². The van der Waals surface area contributed by atoms with Gasteiger partial charge >= 0.3 is 11.9 Å². The summed E-state index contributed by atoms with van der Waals surface area (Å²) in [6, 6.07) is 34.5. The van der Waals surface area contributed by atoms with Crippen molar-refractivity contribution in [2.45, 2.75) is 65.6 Å². The second kappa shape index (κ2) is 33.6. The molecule has 2 atom stereocenters. The zero-order valence-electron chi connectivity index (χ0n) is 47.9. The molecule has 0 fully saturated rings. The molecule has 436 valence electrons. The third kappa shape index (κ3) is 20.5. The van der Waals surface area contributed by atoms with Crippen molar-refractivity contribution in [3.05, 3.63) is 187 Å². The molecule has 0 saturated heterocycles. The number of hydrogen-bond acceptors (Lipinski definition) is 19. The largest absolute Gasteiger partial charge is 0.497 e. The van der Waals surface area contributed by atoms with E-state index in [-0.39, 0.29) is 76.9 Å². The first kappa shape index (κ1) is 66.5. The summed E-state index contributed by atoms with van der Waals surface area (Å²) >= 11 is 0. The van der Waals surface area contributed by atoms with Crippen molar-refractivity contribution in [1.29, 1.82) is 0 Å². The maximum absolute atomic E-state index is 13.0. The first-order valence-corrected chi connectivity index (χ1v) is 24.9. The Balaban J connectivity index is 0.000000289. The van der Waals surface area contributed by atoms with Gasteiger partial charge in [-0.3, -0.25) is 44.2 Å². The number of Topliss-reactive ketones (excluding diaryl/α,β-unsaturated/α-hetero) is 3. The van der Waals surface area contributed by atoms with E-state index in [0.29, 0.717) is 57.6 Å². The molecule has 6 aromatic rings. The highest BCUT2D eigenvalue weighted by Crippen LogP contribution is 2.37. The molecule has 82 heavy (non-hydrogen) atoms. The topological polar surface area (TPSA) is 264 Å². The zero-order valence-corrected chi connectivity index (χ0v) is 47.9. The van der Waals surface area contributed by atoms with Crippen molar-refractivity contribution in [3.8, 4) is 46.0 Å². The van der Waals surface area contributed by atoms with Crippen LogP contribution in [-0.2, 0) is 37.1 Å². The molecule has 6 aromatic carbocycles. The lowest BCUT2D eigenvalue weighted by atomic mass is 9.86. The number of carbonyl (C=O) groups excluding carboxylic acids is 5. The summed E-state index contributed by atoms with van der Waals surface area (Å²) in [5.74, 6) is 1.75. The van der Waals surface area contributed by atoms with E-state index < -0.39 is 27.7 Å². The van der Waals surface area contributed by atoms with Crippen molar-refractivity contribution in [2.24, 2.45) is 0 Å². The van der Waals surface area contributed by atoms with Gasteiger partial charge in [-0.2, -0.15) is 0 Å². The third-order valence-corrected chi connectivity index (χ3v) is 11.8. The summed E-state index contributed by atoms with van der Waals surface area (Å²) in [5.41, 5.74) is 3.94. The highest BCUT2D eigenvalue weighted by atomic mass is 16.6. The van der Waals surface area contributed by atoms with Gasteiger partial charge in [0.25, 0.3) is 11.4 Å². The molecule has 2 unspecified atom stereocenters. The number of nitrogens with zero attached hydrogens (tertiary/aromatic N) is 2. The quantitative estimate of drug-likeness (QED) is 0.0179. The lowest BCUT2D eigenvalue weighted by molar-refractivity contribution is -0.386. The minimum Gasteiger partial charge on any atom is -0.497 e. The van der Waals surface area contributed by atoms with Crippen LogP contribution in [0.25, 0.3) is 0 Å². The first-order chi connectivity index (χ1) is 39.1. The van der Waals surface area contributed by atoms with Gasteiger partial charge in [0.2, 0.25) is 0 Å². The number of ether oxygens (including phenoxy) is 10. The second-order valence-corrected chi connectivity index (χ2v) is 17.7. The Labute approximate surface area is 475 Å². The Bertz CT molecular complexity index is 2910. The van der Waals surface area contributed by atoms with E-state index in [0.717, 1.165) is 11.1 Å². The smallest absolute Gasteiger partial charge is 0.302 e. The molecule has 0 radical (unpaired) electrons. The summed E-state index contributed by atoms with van der Waals surface area (Å²) in [4.78, 5) is 79.6. The number of rotatable bonds is 24. The predicted molar refractivity (Wildman–Crippen MR) is 304 cm³/mol. The number of ketones is 3. The number of benzene rings is 6. The van der Waals surface area contributed by atoms with Gasteiger partial charge in [-0.1, -0.05) is 66.2 Å². The van der Waals surface area contributed by atoms with Crippen molar-refractivity contribution < 1.29 is 81.2 Å². The minimum atomic E-state index is -0.569. The fourth-order valence-corrected chi connectivity index (χ4v) is 7.78. The Morgan fingerprint density at radius 3 is 1.00 bits per heavy atom. The van der Waals surface area contributed by atoms with E-state index in [1.807, 2.05) is 67.6 Å². The van der Waals surface area contributed by atoms with Crippen LogP contribution < -0.4 is 37.9 Å². The van der Waals surface area contributed by atoms with Crippen molar-refractivity contribution in [3.63, 3.8) is 0 Å². The Kier molecular flexibility index (Phi) is 27.2. The van der Waals surface area contributed by atoms with Crippen LogP contribution in [0, 0.1) is 20.2 Å². The monoisotopic (exact) mass is 1130 g/mol. The van der Waals surface area contributed by atoms with E-state index in [4.69, 9.17) is 47.4 Å².